The van der Waals surface area contributed by atoms with Crippen molar-refractivity contribution in [1.29, 1.82) is 0 Å². The van der Waals surface area contributed by atoms with E-state index in [1.807, 2.05) is 38.1 Å². The Balaban J connectivity index is 2.50. The molecule has 0 aliphatic rings. The minimum Gasteiger partial charge on any atom is -0.320 e. The Morgan fingerprint density at radius 1 is 1.08 bits per heavy atom. The summed E-state index contributed by atoms with van der Waals surface area (Å²) >= 11 is 6.48. The number of benzene rings is 2. The van der Waals surface area contributed by atoms with Crippen LogP contribution in [0.1, 0.15) is 42.1 Å². The molecule has 1 amide bonds. The second-order valence-electron chi connectivity index (χ2n) is 7.30. The first kappa shape index (κ1) is 20.5. The number of hydrogen-bond acceptors (Lipinski definition) is 1. The molecular weight excluding hydrogens is 344 g/mol. The van der Waals surface area contributed by atoms with Gasteiger partial charge < -0.3 is 9.80 Å². The molecule has 26 heavy (non-hydrogen) atoms. The summed E-state index contributed by atoms with van der Waals surface area (Å²) in [5.74, 6) is -0.0145. The van der Waals surface area contributed by atoms with E-state index in [-0.39, 0.29) is 11.9 Å². The number of amides is 1. The van der Waals surface area contributed by atoms with Crippen molar-refractivity contribution in [3.05, 3.63) is 63.7 Å². The molecule has 2 aromatic carbocycles. The quantitative estimate of drug-likeness (QED) is 0.672. The largest absolute Gasteiger partial charge is 0.320 e. The third-order valence-corrected chi connectivity index (χ3v) is 5.79. The predicted octanol–water partition coefficient (Wildman–Crippen LogP) is 5.43. The summed E-state index contributed by atoms with van der Waals surface area (Å²) in [6.07, 6.45) is 0. The maximum Gasteiger partial charge on any atom is 0.287 e. The van der Waals surface area contributed by atoms with Crippen LogP contribution >= 0.6 is 11.6 Å². The summed E-state index contributed by atoms with van der Waals surface area (Å²) in [6.45, 7) is 12.0. The van der Waals surface area contributed by atoms with Crippen LogP contribution in [0.15, 0.2) is 36.4 Å². The molecule has 3 nitrogen and oxygen atoms in total. The lowest BCUT2D eigenvalue weighted by atomic mass is 10.00. The van der Waals surface area contributed by atoms with Crippen molar-refractivity contribution >= 4 is 23.2 Å². The van der Waals surface area contributed by atoms with Crippen LogP contribution in [0.2, 0.25) is 5.02 Å². The second-order valence-corrected chi connectivity index (χ2v) is 7.71. The Kier molecular flexibility index (Phi) is 6.48. The van der Waals surface area contributed by atoms with Crippen molar-refractivity contribution < 1.29 is 9.28 Å². The van der Waals surface area contributed by atoms with Gasteiger partial charge in [-0.3, -0.25) is 4.79 Å². The van der Waals surface area contributed by atoms with E-state index in [2.05, 4.69) is 45.3 Å². The topological polar surface area (TPSA) is 29.1 Å². The fraction of sp³-hybridized carbons (Fsp3) is 0.409. The van der Waals surface area contributed by atoms with Crippen molar-refractivity contribution in [3.63, 3.8) is 0 Å². The minimum absolute atomic E-state index is 0.0145. The van der Waals surface area contributed by atoms with Crippen LogP contribution in [0.5, 0.6) is 0 Å². The molecule has 0 aliphatic carbocycles. The summed E-state index contributed by atoms with van der Waals surface area (Å²) in [5, 5.41) is 3.83. The lowest BCUT2D eigenvalue weighted by Gasteiger charge is -2.39. The van der Waals surface area contributed by atoms with Crippen LogP contribution in [-0.4, -0.2) is 30.5 Å². The molecule has 2 aromatic rings. The normalized spacial score (nSPS) is 12.7. The molecule has 0 bridgehead atoms. The van der Waals surface area contributed by atoms with Gasteiger partial charge in [0, 0.05) is 11.3 Å². The highest BCUT2D eigenvalue weighted by atomic mass is 35.5. The number of nitrogens with zero attached hydrogens (tertiary/aromatic N) is 1. The molecule has 0 radical (unpaired) electrons. The molecular formula is C22H30ClN2O+. The number of carbonyl (C=O) groups excluding carboxylic acids is 1. The Morgan fingerprint density at radius 2 is 1.62 bits per heavy atom. The van der Waals surface area contributed by atoms with Gasteiger partial charge in [-0.1, -0.05) is 47.5 Å². The van der Waals surface area contributed by atoms with Crippen molar-refractivity contribution in [1.82, 2.24) is 0 Å². The third-order valence-electron chi connectivity index (χ3n) is 5.44. The van der Waals surface area contributed by atoms with Crippen LogP contribution in [0, 0.1) is 20.8 Å². The summed E-state index contributed by atoms with van der Waals surface area (Å²) in [4.78, 5) is 13.4. The van der Waals surface area contributed by atoms with E-state index in [9.17, 15) is 4.79 Å². The Labute approximate surface area is 162 Å². The molecule has 0 aromatic heterocycles. The van der Waals surface area contributed by atoms with E-state index in [4.69, 9.17) is 11.6 Å². The van der Waals surface area contributed by atoms with Crippen LogP contribution in [-0.2, 0) is 4.79 Å². The number of nitrogens with one attached hydrogen (secondary N) is 1. The number of likely N-dealkylation sites (N-methyl/N-ethyl adjacent to an activating group) is 1. The molecule has 0 aliphatic heterocycles. The molecule has 1 atom stereocenters. The van der Waals surface area contributed by atoms with Crippen molar-refractivity contribution in [3.8, 4) is 0 Å². The summed E-state index contributed by atoms with van der Waals surface area (Å²) in [6, 6.07) is 11.5. The number of carbonyl (C=O) groups is 1. The fourth-order valence-corrected chi connectivity index (χ4v) is 3.85. The van der Waals surface area contributed by atoms with Crippen LogP contribution in [0.3, 0.4) is 0 Å². The van der Waals surface area contributed by atoms with E-state index in [1.54, 1.807) is 0 Å². The van der Waals surface area contributed by atoms with Gasteiger partial charge in [0.1, 0.15) is 0 Å². The molecule has 0 saturated carbocycles. The van der Waals surface area contributed by atoms with Gasteiger partial charge in [-0.25, -0.2) is 0 Å². The first-order valence-electron chi connectivity index (χ1n) is 9.20. The molecule has 4 heteroatoms. The Hall–Kier alpha value is -1.84. The Morgan fingerprint density at radius 3 is 2.12 bits per heavy atom. The van der Waals surface area contributed by atoms with Gasteiger partial charge in [0.15, 0.2) is 6.04 Å². The molecule has 1 unspecified atom stereocenters. The van der Waals surface area contributed by atoms with Crippen molar-refractivity contribution in [2.75, 3.05) is 25.5 Å². The SMILES string of the molecule is CC[N+](C)(CC)C(C(=O)Nc1c(C)cc(C)cc1C)c1ccccc1Cl. The summed E-state index contributed by atoms with van der Waals surface area (Å²) in [5.41, 5.74) is 5.13. The van der Waals surface area contributed by atoms with Gasteiger partial charge in [0.25, 0.3) is 5.91 Å². The van der Waals surface area contributed by atoms with Crippen molar-refractivity contribution in [2.24, 2.45) is 0 Å². The van der Waals surface area contributed by atoms with Crippen LogP contribution in [0.4, 0.5) is 5.69 Å². The Bertz CT molecular complexity index is 773. The number of hydrogen-bond donors (Lipinski definition) is 1. The molecule has 0 saturated heterocycles. The highest BCUT2D eigenvalue weighted by Crippen LogP contribution is 2.34. The fourth-order valence-electron chi connectivity index (χ4n) is 3.61. The average Bonchev–Trinajstić information content (AvgIpc) is 2.59. The maximum atomic E-state index is 13.4. The van der Waals surface area contributed by atoms with E-state index >= 15 is 0 Å². The van der Waals surface area contributed by atoms with Gasteiger partial charge >= 0.3 is 0 Å². The maximum absolute atomic E-state index is 13.4. The predicted molar refractivity (Wildman–Crippen MR) is 111 cm³/mol. The van der Waals surface area contributed by atoms with Gasteiger partial charge in [-0.15, -0.1) is 0 Å². The molecule has 0 heterocycles. The average molecular weight is 374 g/mol. The second kappa shape index (κ2) is 8.24. The smallest absolute Gasteiger partial charge is 0.287 e. The lowest BCUT2D eigenvalue weighted by molar-refractivity contribution is -0.926. The summed E-state index contributed by atoms with van der Waals surface area (Å²) < 4.78 is 0.597. The highest BCUT2D eigenvalue weighted by molar-refractivity contribution is 6.31. The summed E-state index contributed by atoms with van der Waals surface area (Å²) in [7, 11) is 2.11. The van der Waals surface area contributed by atoms with E-state index in [1.165, 1.54) is 5.56 Å². The number of anilines is 1. The van der Waals surface area contributed by atoms with Gasteiger partial charge in [-0.05, 0) is 51.8 Å². The third kappa shape index (κ3) is 4.11. The number of rotatable bonds is 6. The van der Waals surface area contributed by atoms with Crippen LogP contribution in [0.25, 0.3) is 0 Å². The first-order valence-corrected chi connectivity index (χ1v) is 9.58. The first-order chi connectivity index (χ1) is 12.2. The lowest BCUT2D eigenvalue weighted by Crippen LogP contribution is -2.51. The zero-order valence-corrected chi connectivity index (χ0v) is 17.4. The van der Waals surface area contributed by atoms with Gasteiger partial charge in [0.05, 0.1) is 25.2 Å². The highest BCUT2D eigenvalue weighted by Gasteiger charge is 2.39. The van der Waals surface area contributed by atoms with Gasteiger partial charge in [0.2, 0.25) is 0 Å². The standard InChI is InChI=1S/C22H29ClN2O/c1-7-25(6,8-2)21(18-11-9-10-12-19(18)23)22(26)24-20-16(4)13-15(3)14-17(20)5/h9-14,21H,7-8H2,1-6H3/p+1. The van der Waals surface area contributed by atoms with Crippen LogP contribution < -0.4 is 5.32 Å². The van der Waals surface area contributed by atoms with E-state index in [0.717, 1.165) is 35.5 Å². The monoisotopic (exact) mass is 373 g/mol. The van der Waals surface area contributed by atoms with E-state index in [0.29, 0.717) is 9.51 Å². The number of halogens is 1. The molecule has 140 valence electrons. The molecule has 0 spiro atoms. The zero-order valence-electron chi connectivity index (χ0n) is 16.7. The van der Waals surface area contributed by atoms with Gasteiger partial charge in [-0.2, -0.15) is 0 Å². The van der Waals surface area contributed by atoms with E-state index < -0.39 is 0 Å². The number of quaternary nitrogens is 1. The molecule has 2 rings (SSSR count). The molecule has 1 N–H and O–H groups in total. The number of aryl methyl sites for hydroxylation is 3. The zero-order chi connectivity index (χ0) is 19.5. The molecule has 0 fully saturated rings. The minimum atomic E-state index is -0.362. The van der Waals surface area contributed by atoms with Crippen molar-refractivity contribution in [2.45, 2.75) is 40.7 Å².